The Morgan fingerprint density at radius 1 is 0.815 bits per heavy atom. The minimum absolute atomic E-state index is 0.225. The van der Waals surface area contributed by atoms with Crippen LogP contribution in [0.1, 0.15) is 51.4 Å². The molecule has 8 nitrogen and oxygen atoms in total. The van der Waals surface area contributed by atoms with E-state index in [0.29, 0.717) is 51.4 Å². The summed E-state index contributed by atoms with van der Waals surface area (Å²) < 4.78 is 15.1. The first kappa shape index (κ1) is 20.9. The number of carboxylic acid groups (broad SMARTS) is 1. The number of rotatable bonds is 7. The van der Waals surface area contributed by atoms with Gasteiger partial charge in [0.25, 0.3) is 0 Å². The first-order valence-corrected chi connectivity index (χ1v) is 9.29. The normalized spacial score (nSPS) is 27.9. The number of carbonyl (C=O) groups is 4. The van der Waals surface area contributed by atoms with Crippen LogP contribution in [0.3, 0.4) is 0 Å². The van der Waals surface area contributed by atoms with Gasteiger partial charge in [-0.3, -0.25) is 14.4 Å². The predicted octanol–water partition coefficient (Wildman–Crippen LogP) is 2.21. The van der Waals surface area contributed by atoms with Gasteiger partial charge in [0.05, 0.1) is 17.8 Å². The zero-order valence-electron chi connectivity index (χ0n) is 15.3. The molecule has 0 spiro atoms. The lowest BCUT2D eigenvalue weighted by molar-refractivity contribution is -0.169. The van der Waals surface area contributed by atoms with Crippen molar-refractivity contribution in [2.45, 2.75) is 57.5 Å². The molecule has 2 fully saturated rings. The van der Waals surface area contributed by atoms with Gasteiger partial charge in [-0.1, -0.05) is 6.58 Å². The van der Waals surface area contributed by atoms with E-state index < -0.39 is 24.7 Å². The lowest BCUT2D eigenvalue weighted by Gasteiger charge is -2.30. The number of hydrogen-bond donors (Lipinski definition) is 1. The molecule has 150 valence electrons. The highest BCUT2D eigenvalue weighted by molar-refractivity contribution is 5.81. The Bertz CT molecular complexity index is 568. The van der Waals surface area contributed by atoms with E-state index in [2.05, 4.69) is 11.3 Å². The monoisotopic (exact) mass is 382 g/mol. The van der Waals surface area contributed by atoms with Gasteiger partial charge in [0, 0.05) is 6.08 Å². The van der Waals surface area contributed by atoms with Gasteiger partial charge in [-0.15, -0.1) is 0 Å². The van der Waals surface area contributed by atoms with Crippen molar-refractivity contribution in [3.63, 3.8) is 0 Å². The van der Waals surface area contributed by atoms with Gasteiger partial charge in [-0.25, -0.2) is 4.79 Å². The molecule has 0 aromatic rings. The summed E-state index contributed by atoms with van der Waals surface area (Å²) in [6.45, 7) is 2.81. The maximum absolute atomic E-state index is 12.3. The minimum atomic E-state index is -0.800. The van der Waals surface area contributed by atoms with Crippen LogP contribution in [0.5, 0.6) is 0 Å². The van der Waals surface area contributed by atoms with E-state index in [0.717, 1.165) is 6.08 Å². The van der Waals surface area contributed by atoms with E-state index in [9.17, 15) is 19.2 Å². The Balaban J connectivity index is 1.66. The lowest BCUT2D eigenvalue weighted by atomic mass is 9.82. The number of esters is 3. The summed E-state index contributed by atoms with van der Waals surface area (Å²) in [4.78, 5) is 46.1. The van der Waals surface area contributed by atoms with Gasteiger partial charge in [0.15, 0.2) is 0 Å². The molecule has 0 aromatic heterocycles. The number of ether oxygens (including phenoxy) is 3. The van der Waals surface area contributed by atoms with Crippen LogP contribution in [0.25, 0.3) is 0 Å². The quantitative estimate of drug-likeness (QED) is 0.405. The molecule has 0 radical (unpaired) electrons. The highest BCUT2D eigenvalue weighted by atomic mass is 16.7. The van der Waals surface area contributed by atoms with Crippen LogP contribution in [-0.2, 0) is 33.4 Å². The lowest BCUT2D eigenvalue weighted by Crippen LogP contribution is -2.33. The first-order chi connectivity index (χ1) is 12.9. The Kier molecular flexibility index (Phi) is 7.82. The number of carbonyl (C=O) groups excluding carboxylic acids is 3. The number of aliphatic carboxylic acids is 1. The molecule has 2 aliphatic carbocycles. The largest absolute Gasteiger partial charge is 0.481 e. The molecule has 0 unspecified atom stereocenters. The molecule has 2 saturated carbocycles. The molecule has 0 heterocycles. The SMILES string of the molecule is C=CC(=O)OCOC(=O)C1CCC(OC(=O)C2CCC(C(=O)O)CC2)CC1. The fourth-order valence-electron chi connectivity index (χ4n) is 3.58. The van der Waals surface area contributed by atoms with Gasteiger partial charge in [0.1, 0.15) is 6.10 Å². The van der Waals surface area contributed by atoms with Crippen LogP contribution in [0.4, 0.5) is 0 Å². The predicted molar refractivity (Wildman–Crippen MR) is 92.2 cm³/mol. The van der Waals surface area contributed by atoms with E-state index >= 15 is 0 Å². The summed E-state index contributed by atoms with van der Waals surface area (Å²) in [6.07, 6.45) is 5.08. The highest BCUT2D eigenvalue weighted by Gasteiger charge is 2.34. The van der Waals surface area contributed by atoms with Crippen molar-refractivity contribution >= 4 is 23.9 Å². The van der Waals surface area contributed by atoms with E-state index in [-0.39, 0.29) is 29.8 Å². The van der Waals surface area contributed by atoms with Crippen molar-refractivity contribution < 1.29 is 38.5 Å². The van der Waals surface area contributed by atoms with Crippen LogP contribution < -0.4 is 0 Å². The van der Waals surface area contributed by atoms with E-state index in [1.54, 1.807) is 0 Å². The second-order valence-corrected chi connectivity index (χ2v) is 7.05. The van der Waals surface area contributed by atoms with Crippen molar-refractivity contribution in [2.75, 3.05) is 6.79 Å². The standard InChI is InChI=1S/C19H26O8/c1-2-16(20)25-11-26-18(23)13-7-9-15(10-8-13)27-19(24)14-5-3-12(4-6-14)17(21)22/h2,12-15H,1,3-11H2,(H,21,22). The third-order valence-electron chi connectivity index (χ3n) is 5.27. The van der Waals surface area contributed by atoms with Crippen LogP contribution in [0, 0.1) is 17.8 Å². The Labute approximate surface area is 157 Å². The average Bonchev–Trinajstić information content (AvgIpc) is 2.68. The molecule has 2 rings (SSSR count). The number of carboxylic acids is 1. The van der Waals surface area contributed by atoms with Crippen molar-refractivity contribution in [3.05, 3.63) is 12.7 Å². The van der Waals surface area contributed by atoms with Crippen LogP contribution >= 0.6 is 0 Å². The minimum Gasteiger partial charge on any atom is -0.481 e. The molecule has 0 saturated heterocycles. The summed E-state index contributed by atoms with van der Waals surface area (Å²) in [5, 5.41) is 9.00. The van der Waals surface area contributed by atoms with Gasteiger partial charge >= 0.3 is 23.9 Å². The zero-order valence-corrected chi connectivity index (χ0v) is 15.3. The summed E-state index contributed by atoms with van der Waals surface area (Å²) in [5.74, 6) is -3.04. The molecule has 0 bridgehead atoms. The van der Waals surface area contributed by atoms with Crippen LogP contribution in [0.2, 0.25) is 0 Å². The second-order valence-electron chi connectivity index (χ2n) is 7.05. The topological polar surface area (TPSA) is 116 Å². The summed E-state index contributed by atoms with van der Waals surface area (Å²) in [6, 6.07) is 0. The molecular formula is C19H26O8. The van der Waals surface area contributed by atoms with Crippen molar-refractivity contribution in [3.8, 4) is 0 Å². The van der Waals surface area contributed by atoms with E-state index in [1.807, 2.05) is 0 Å². The Morgan fingerprint density at radius 3 is 1.89 bits per heavy atom. The van der Waals surface area contributed by atoms with Crippen LogP contribution in [0.15, 0.2) is 12.7 Å². The maximum Gasteiger partial charge on any atom is 0.333 e. The smallest absolute Gasteiger partial charge is 0.333 e. The molecule has 0 aliphatic heterocycles. The third kappa shape index (κ3) is 6.37. The second kappa shape index (κ2) is 10.1. The Morgan fingerprint density at radius 2 is 1.33 bits per heavy atom. The highest BCUT2D eigenvalue weighted by Crippen LogP contribution is 2.32. The van der Waals surface area contributed by atoms with Crippen molar-refractivity contribution in [1.29, 1.82) is 0 Å². The fraction of sp³-hybridized carbons (Fsp3) is 0.684. The summed E-state index contributed by atoms with van der Waals surface area (Å²) in [7, 11) is 0. The van der Waals surface area contributed by atoms with Crippen molar-refractivity contribution in [2.24, 2.45) is 17.8 Å². The molecule has 1 N–H and O–H groups in total. The average molecular weight is 382 g/mol. The molecule has 0 amide bonds. The van der Waals surface area contributed by atoms with Crippen molar-refractivity contribution in [1.82, 2.24) is 0 Å². The summed E-state index contributed by atoms with van der Waals surface area (Å²) >= 11 is 0. The van der Waals surface area contributed by atoms with E-state index in [4.69, 9.17) is 14.6 Å². The van der Waals surface area contributed by atoms with E-state index in [1.165, 1.54) is 0 Å². The molecule has 0 atom stereocenters. The summed E-state index contributed by atoms with van der Waals surface area (Å²) in [5.41, 5.74) is 0. The maximum atomic E-state index is 12.3. The Hall–Kier alpha value is -2.38. The first-order valence-electron chi connectivity index (χ1n) is 9.29. The van der Waals surface area contributed by atoms with Gasteiger partial charge in [0.2, 0.25) is 6.79 Å². The van der Waals surface area contributed by atoms with Gasteiger partial charge < -0.3 is 19.3 Å². The third-order valence-corrected chi connectivity index (χ3v) is 5.27. The molecule has 0 aromatic carbocycles. The van der Waals surface area contributed by atoms with Gasteiger partial charge in [-0.2, -0.15) is 0 Å². The zero-order chi connectivity index (χ0) is 19.8. The number of hydrogen-bond acceptors (Lipinski definition) is 7. The molecule has 27 heavy (non-hydrogen) atoms. The van der Waals surface area contributed by atoms with Gasteiger partial charge in [-0.05, 0) is 51.4 Å². The molecule has 8 heteroatoms. The molecule has 2 aliphatic rings. The fourth-order valence-corrected chi connectivity index (χ4v) is 3.58. The molecular weight excluding hydrogens is 356 g/mol. The van der Waals surface area contributed by atoms with Crippen LogP contribution in [-0.4, -0.2) is 41.9 Å².